The molecule has 2 aromatic rings. The molecule has 0 saturated carbocycles. The summed E-state index contributed by atoms with van der Waals surface area (Å²) in [4.78, 5) is 0. The Bertz CT molecular complexity index is 543. The number of hydrogen-bond donors (Lipinski definition) is 1. The fourth-order valence-electron chi connectivity index (χ4n) is 1.64. The van der Waals surface area contributed by atoms with Crippen LogP contribution in [0.3, 0.4) is 0 Å². The van der Waals surface area contributed by atoms with Gasteiger partial charge in [0.2, 0.25) is 0 Å². The van der Waals surface area contributed by atoms with Crippen molar-refractivity contribution >= 4 is 15.9 Å². The summed E-state index contributed by atoms with van der Waals surface area (Å²) < 4.78 is 26.8. The van der Waals surface area contributed by atoms with Gasteiger partial charge in [-0.3, -0.25) is 0 Å². The minimum absolute atomic E-state index is 0.316. The molecule has 0 aliphatic heterocycles. The molecule has 1 nitrogen and oxygen atoms in total. The maximum Gasteiger partial charge on any atom is 0.137 e. The minimum Gasteiger partial charge on any atom is -0.320 e. The van der Waals surface area contributed by atoms with Crippen molar-refractivity contribution < 1.29 is 8.78 Å². The average molecular weight is 298 g/mol. The van der Waals surface area contributed by atoms with Gasteiger partial charge in [-0.25, -0.2) is 8.78 Å². The van der Waals surface area contributed by atoms with Crippen LogP contribution in [0.15, 0.2) is 46.9 Å². The molecule has 0 fully saturated rings. The monoisotopic (exact) mass is 297 g/mol. The second kappa shape index (κ2) is 4.94. The van der Waals surface area contributed by atoms with E-state index < -0.39 is 6.04 Å². The molecule has 17 heavy (non-hydrogen) atoms. The predicted octanol–water partition coefficient (Wildman–Crippen LogP) is 3.78. The highest BCUT2D eigenvalue weighted by molar-refractivity contribution is 9.10. The topological polar surface area (TPSA) is 26.0 Å². The van der Waals surface area contributed by atoms with Crippen LogP contribution in [0.5, 0.6) is 0 Å². The van der Waals surface area contributed by atoms with Gasteiger partial charge in [0.05, 0.1) is 10.5 Å². The lowest BCUT2D eigenvalue weighted by atomic mass is 9.99. The molecule has 0 aliphatic rings. The van der Waals surface area contributed by atoms with Crippen LogP contribution in [0.2, 0.25) is 0 Å². The van der Waals surface area contributed by atoms with Gasteiger partial charge in [-0.05, 0) is 45.3 Å². The maximum atomic E-state index is 13.4. The van der Waals surface area contributed by atoms with Crippen LogP contribution in [-0.4, -0.2) is 0 Å². The number of benzene rings is 2. The molecule has 4 heteroatoms. The van der Waals surface area contributed by atoms with Gasteiger partial charge in [-0.2, -0.15) is 0 Å². The lowest BCUT2D eigenvalue weighted by Gasteiger charge is -2.14. The molecule has 0 spiro atoms. The van der Waals surface area contributed by atoms with Crippen LogP contribution in [0.1, 0.15) is 17.2 Å². The maximum absolute atomic E-state index is 13.4. The van der Waals surface area contributed by atoms with Crippen molar-refractivity contribution in [2.75, 3.05) is 0 Å². The van der Waals surface area contributed by atoms with Gasteiger partial charge in [0, 0.05) is 0 Å². The quantitative estimate of drug-likeness (QED) is 0.897. The number of nitrogens with two attached hydrogens (primary N) is 1. The fraction of sp³-hybridized carbons (Fsp3) is 0.0769. The normalized spacial score (nSPS) is 12.5. The first-order valence-electron chi connectivity index (χ1n) is 5.04. The summed E-state index contributed by atoms with van der Waals surface area (Å²) in [7, 11) is 0. The van der Waals surface area contributed by atoms with Crippen molar-refractivity contribution in [3.8, 4) is 0 Å². The number of halogens is 3. The zero-order valence-corrected chi connectivity index (χ0v) is 10.4. The van der Waals surface area contributed by atoms with Crippen LogP contribution in [0.4, 0.5) is 8.78 Å². The molecule has 0 saturated heterocycles. The van der Waals surface area contributed by atoms with E-state index in [1.54, 1.807) is 24.3 Å². The minimum atomic E-state index is -0.559. The summed E-state index contributed by atoms with van der Waals surface area (Å²) in [5, 5.41) is 0. The van der Waals surface area contributed by atoms with Gasteiger partial charge in [-0.15, -0.1) is 0 Å². The molecule has 1 atom stereocenters. The summed E-state index contributed by atoms with van der Waals surface area (Å²) in [6.07, 6.45) is 0. The van der Waals surface area contributed by atoms with Gasteiger partial charge in [0.1, 0.15) is 11.6 Å². The first-order valence-corrected chi connectivity index (χ1v) is 5.84. The van der Waals surface area contributed by atoms with Crippen molar-refractivity contribution in [3.05, 3.63) is 69.7 Å². The largest absolute Gasteiger partial charge is 0.320 e. The average Bonchev–Trinajstić information content (AvgIpc) is 2.32. The molecule has 0 aromatic heterocycles. The second-order valence-corrected chi connectivity index (χ2v) is 4.47. The van der Waals surface area contributed by atoms with E-state index in [2.05, 4.69) is 15.9 Å². The Balaban J connectivity index is 2.44. The van der Waals surface area contributed by atoms with E-state index >= 15 is 0 Å². The lowest BCUT2D eigenvalue weighted by Crippen LogP contribution is -2.13. The third-order valence-corrected chi connectivity index (χ3v) is 3.36. The van der Waals surface area contributed by atoms with Crippen LogP contribution in [-0.2, 0) is 0 Å². The number of hydrogen-bond acceptors (Lipinski definition) is 1. The Labute approximate surface area is 106 Å². The van der Waals surface area contributed by atoms with E-state index in [0.29, 0.717) is 15.6 Å². The lowest BCUT2D eigenvalue weighted by molar-refractivity contribution is 0.614. The van der Waals surface area contributed by atoms with Gasteiger partial charge in [0.15, 0.2) is 0 Å². The molecule has 0 aliphatic carbocycles. The standard InChI is InChI=1S/C13H10BrF2N/c14-12-10(5-2-6-11(12)16)13(17)8-3-1-4-9(15)7-8/h1-7,13H,17H2. The van der Waals surface area contributed by atoms with Gasteiger partial charge < -0.3 is 5.73 Å². The van der Waals surface area contributed by atoms with Crippen molar-refractivity contribution in [1.29, 1.82) is 0 Å². The first-order chi connectivity index (χ1) is 8.09. The fourth-order valence-corrected chi connectivity index (χ4v) is 2.15. The van der Waals surface area contributed by atoms with Crippen molar-refractivity contribution in [2.24, 2.45) is 5.73 Å². The van der Waals surface area contributed by atoms with E-state index in [9.17, 15) is 8.78 Å². The molecule has 0 bridgehead atoms. The molecular weight excluding hydrogens is 288 g/mol. The predicted molar refractivity (Wildman–Crippen MR) is 66.5 cm³/mol. The molecule has 2 rings (SSSR count). The van der Waals surface area contributed by atoms with E-state index in [-0.39, 0.29) is 11.6 Å². The molecule has 1 unspecified atom stereocenters. The molecule has 0 radical (unpaired) electrons. The zero-order chi connectivity index (χ0) is 12.4. The van der Waals surface area contributed by atoms with E-state index in [0.717, 1.165) is 0 Å². The first kappa shape index (κ1) is 12.2. The van der Waals surface area contributed by atoms with Gasteiger partial charge >= 0.3 is 0 Å². The SMILES string of the molecule is NC(c1cccc(F)c1)c1cccc(F)c1Br. The van der Waals surface area contributed by atoms with Gasteiger partial charge in [0.25, 0.3) is 0 Å². The highest BCUT2D eigenvalue weighted by Crippen LogP contribution is 2.28. The van der Waals surface area contributed by atoms with E-state index in [1.165, 1.54) is 18.2 Å². The molecule has 88 valence electrons. The van der Waals surface area contributed by atoms with Crippen molar-refractivity contribution in [2.45, 2.75) is 6.04 Å². The van der Waals surface area contributed by atoms with Crippen LogP contribution < -0.4 is 5.73 Å². The molecular formula is C13H10BrF2N. The third-order valence-electron chi connectivity index (χ3n) is 2.52. The molecule has 2 N–H and O–H groups in total. The van der Waals surface area contributed by atoms with Crippen molar-refractivity contribution in [1.82, 2.24) is 0 Å². The molecule has 0 amide bonds. The van der Waals surface area contributed by atoms with Crippen LogP contribution in [0.25, 0.3) is 0 Å². The molecule has 2 aromatic carbocycles. The smallest absolute Gasteiger partial charge is 0.137 e. The Hall–Kier alpha value is -1.26. The Morgan fingerprint density at radius 2 is 1.76 bits per heavy atom. The Kier molecular flexibility index (Phi) is 3.54. The van der Waals surface area contributed by atoms with E-state index in [1.807, 2.05) is 0 Å². The third kappa shape index (κ3) is 2.53. The summed E-state index contributed by atoms with van der Waals surface area (Å²) >= 11 is 3.15. The van der Waals surface area contributed by atoms with Crippen LogP contribution >= 0.6 is 15.9 Å². The van der Waals surface area contributed by atoms with Gasteiger partial charge in [-0.1, -0.05) is 24.3 Å². The Morgan fingerprint density at radius 3 is 2.47 bits per heavy atom. The molecule has 0 heterocycles. The highest BCUT2D eigenvalue weighted by atomic mass is 79.9. The highest BCUT2D eigenvalue weighted by Gasteiger charge is 2.14. The summed E-state index contributed by atoms with van der Waals surface area (Å²) in [5.41, 5.74) is 7.19. The van der Waals surface area contributed by atoms with E-state index in [4.69, 9.17) is 5.73 Å². The van der Waals surface area contributed by atoms with Crippen LogP contribution in [0, 0.1) is 11.6 Å². The Morgan fingerprint density at radius 1 is 1.06 bits per heavy atom. The summed E-state index contributed by atoms with van der Waals surface area (Å²) in [6.45, 7) is 0. The number of rotatable bonds is 2. The zero-order valence-electron chi connectivity index (χ0n) is 8.83. The van der Waals surface area contributed by atoms with Crippen molar-refractivity contribution in [3.63, 3.8) is 0 Å². The summed E-state index contributed by atoms with van der Waals surface area (Å²) in [6, 6.07) is 10.1. The summed E-state index contributed by atoms with van der Waals surface area (Å²) in [5.74, 6) is -0.736. The second-order valence-electron chi connectivity index (χ2n) is 3.68.